The molecule has 0 saturated heterocycles. The summed E-state index contributed by atoms with van der Waals surface area (Å²) >= 11 is 0. The Kier molecular flexibility index (Phi) is 5.30. The van der Waals surface area contributed by atoms with Crippen molar-refractivity contribution in [2.75, 3.05) is 33.8 Å². The Bertz CT molecular complexity index is 1170. The van der Waals surface area contributed by atoms with Crippen molar-refractivity contribution >= 4 is 16.9 Å². The number of carbonyl (C=O) groups excluding carboxylic acids is 1. The van der Waals surface area contributed by atoms with Crippen LogP contribution in [-0.4, -0.2) is 49.5 Å². The third-order valence-corrected chi connectivity index (χ3v) is 5.24. The zero-order valence-corrected chi connectivity index (χ0v) is 17.1. The van der Waals surface area contributed by atoms with Crippen molar-refractivity contribution in [2.45, 2.75) is 13.0 Å². The normalized spacial score (nSPS) is 15.8. The SMILES string of the molecule is CCOc1ccc2c(=O)c3c(oc2c1)C(=O)N(CCN(C)C)C3c1ccccc1F. The highest BCUT2D eigenvalue weighted by molar-refractivity contribution is 5.99. The van der Waals surface area contributed by atoms with Crippen LogP contribution in [0.2, 0.25) is 0 Å². The molecule has 0 bridgehead atoms. The van der Waals surface area contributed by atoms with Crippen LogP contribution in [0, 0.1) is 5.82 Å². The molecule has 3 aromatic rings. The summed E-state index contributed by atoms with van der Waals surface area (Å²) in [6.07, 6.45) is 0. The van der Waals surface area contributed by atoms with E-state index in [0.717, 1.165) is 0 Å². The lowest BCUT2D eigenvalue weighted by Gasteiger charge is -2.26. The molecule has 2 heterocycles. The van der Waals surface area contributed by atoms with Crippen molar-refractivity contribution in [3.05, 3.63) is 75.4 Å². The molecular weight excluding hydrogens is 387 g/mol. The minimum absolute atomic E-state index is 0.0341. The van der Waals surface area contributed by atoms with Gasteiger partial charge in [0, 0.05) is 24.7 Å². The second-order valence-corrected chi connectivity index (χ2v) is 7.49. The first-order valence-corrected chi connectivity index (χ1v) is 9.86. The molecule has 7 heteroatoms. The van der Waals surface area contributed by atoms with E-state index in [2.05, 4.69) is 0 Å². The summed E-state index contributed by atoms with van der Waals surface area (Å²) in [4.78, 5) is 30.1. The number of ether oxygens (including phenoxy) is 1. The smallest absolute Gasteiger partial charge is 0.290 e. The summed E-state index contributed by atoms with van der Waals surface area (Å²) in [5.41, 5.74) is 0.407. The number of likely N-dealkylation sites (N-methyl/N-ethyl adjacent to an activating group) is 1. The molecule has 156 valence electrons. The molecule has 2 aromatic carbocycles. The fourth-order valence-electron chi connectivity index (χ4n) is 3.81. The Morgan fingerprint density at radius 2 is 1.93 bits per heavy atom. The van der Waals surface area contributed by atoms with Crippen LogP contribution in [0.5, 0.6) is 5.75 Å². The van der Waals surface area contributed by atoms with Gasteiger partial charge in [-0.15, -0.1) is 0 Å². The quantitative estimate of drug-likeness (QED) is 0.623. The van der Waals surface area contributed by atoms with Crippen LogP contribution in [-0.2, 0) is 0 Å². The van der Waals surface area contributed by atoms with Crippen LogP contribution in [0.3, 0.4) is 0 Å². The van der Waals surface area contributed by atoms with Crippen molar-refractivity contribution in [2.24, 2.45) is 0 Å². The molecule has 30 heavy (non-hydrogen) atoms. The summed E-state index contributed by atoms with van der Waals surface area (Å²) in [6.45, 7) is 3.21. The maximum absolute atomic E-state index is 14.7. The number of carbonyl (C=O) groups is 1. The molecule has 0 saturated carbocycles. The fraction of sp³-hybridized carbons (Fsp3) is 0.304. The highest BCUT2D eigenvalue weighted by atomic mass is 19.1. The number of hydrogen-bond acceptors (Lipinski definition) is 5. The number of benzene rings is 2. The molecule has 4 rings (SSSR count). The summed E-state index contributed by atoms with van der Waals surface area (Å²) < 4.78 is 26.1. The van der Waals surface area contributed by atoms with Crippen molar-refractivity contribution in [3.8, 4) is 5.75 Å². The molecule has 1 aliphatic heterocycles. The predicted molar refractivity (Wildman–Crippen MR) is 111 cm³/mol. The van der Waals surface area contributed by atoms with Gasteiger partial charge in [0.1, 0.15) is 17.1 Å². The van der Waals surface area contributed by atoms with E-state index < -0.39 is 17.8 Å². The van der Waals surface area contributed by atoms with Gasteiger partial charge in [-0.25, -0.2) is 4.39 Å². The van der Waals surface area contributed by atoms with Gasteiger partial charge in [-0.2, -0.15) is 0 Å². The third-order valence-electron chi connectivity index (χ3n) is 5.24. The number of halogens is 1. The lowest BCUT2D eigenvalue weighted by molar-refractivity contribution is 0.0714. The monoisotopic (exact) mass is 410 g/mol. The largest absolute Gasteiger partial charge is 0.494 e. The maximum atomic E-state index is 14.7. The van der Waals surface area contributed by atoms with Crippen LogP contribution in [0.25, 0.3) is 11.0 Å². The van der Waals surface area contributed by atoms with Crippen LogP contribution < -0.4 is 10.2 Å². The average Bonchev–Trinajstić information content (AvgIpc) is 2.99. The minimum Gasteiger partial charge on any atom is -0.494 e. The first-order chi connectivity index (χ1) is 14.4. The van der Waals surface area contributed by atoms with Crippen LogP contribution in [0.1, 0.15) is 34.6 Å². The number of rotatable bonds is 6. The Hall–Kier alpha value is -3.19. The van der Waals surface area contributed by atoms with E-state index in [0.29, 0.717) is 30.8 Å². The van der Waals surface area contributed by atoms with E-state index in [1.54, 1.807) is 36.4 Å². The zero-order chi connectivity index (χ0) is 21.4. The fourth-order valence-corrected chi connectivity index (χ4v) is 3.81. The molecule has 0 aliphatic carbocycles. The van der Waals surface area contributed by atoms with Gasteiger partial charge in [-0.3, -0.25) is 9.59 Å². The summed E-state index contributed by atoms with van der Waals surface area (Å²) in [7, 11) is 3.78. The zero-order valence-electron chi connectivity index (χ0n) is 17.1. The third kappa shape index (κ3) is 3.35. The molecule has 1 aromatic heterocycles. The standard InChI is InChI=1S/C23H23FN2O4/c1-4-29-14-9-10-16-18(13-14)30-22-19(21(16)27)20(15-7-5-6-8-17(15)24)26(23(22)28)12-11-25(2)3/h5-10,13,20H,4,11-12H2,1-3H3. The number of nitrogens with zero attached hydrogens (tertiary/aromatic N) is 2. The average molecular weight is 410 g/mol. The number of hydrogen-bond donors (Lipinski definition) is 0. The Morgan fingerprint density at radius 3 is 2.63 bits per heavy atom. The van der Waals surface area contributed by atoms with E-state index >= 15 is 0 Å². The van der Waals surface area contributed by atoms with E-state index in [4.69, 9.17) is 9.15 Å². The van der Waals surface area contributed by atoms with Gasteiger partial charge >= 0.3 is 0 Å². The van der Waals surface area contributed by atoms with Gasteiger partial charge in [-0.05, 0) is 39.2 Å². The second kappa shape index (κ2) is 7.91. The van der Waals surface area contributed by atoms with Gasteiger partial charge in [0.25, 0.3) is 5.91 Å². The Morgan fingerprint density at radius 1 is 1.17 bits per heavy atom. The molecule has 1 aliphatic rings. The van der Waals surface area contributed by atoms with Crippen molar-refractivity contribution in [1.82, 2.24) is 9.80 Å². The molecule has 0 radical (unpaired) electrons. The summed E-state index contributed by atoms with van der Waals surface area (Å²) in [5.74, 6) is -0.369. The highest BCUT2D eigenvalue weighted by Gasteiger charge is 2.43. The van der Waals surface area contributed by atoms with Crippen molar-refractivity contribution in [1.29, 1.82) is 0 Å². The molecule has 1 unspecified atom stereocenters. The minimum atomic E-state index is -0.833. The molecule has 1 amide bonds. The van der Waals surface area contributed by atoms with Crippen LogP contribution >= 0.6 is 0 Å². The predicted octanol–water partition coefficient (Wildman–Crippen LogP) is 3.44. The molecular formula is C23H23FN2O4. The van der Waals surface area contributed by atoms with Gasteiger partial charge in [0.05, 0.1) is 23.6 Å². The highest BCUT2D eigenvalue weighted by Crippen LogP contribution is 2.39. The van der Waals surface area contributed by atoms with Gasteiger partial charge in [-0.1, -0.05) is 18.2 Å². The van der Waals surface area contributed by atoms with Crippen LogP contribution in [0.4, 0.5) is 4.39 Å². The topological polar surface area (TPSA) is 63.0 Å². The molecule has 0 fully saturated rings. The van der Waals surface area contributed by atoms with Gasteiger partial charge in [0.15, 0.2) is 5.43 Å². The molecule has 0 spiro atoms. The van der Waals surface area contributed by atoms with Crippen molar-refractivity contribution in [3.63, 3.8) is 0 Å². The summed E-state index contributed by atoms with van der Waals surface area (Å²) in [5, 5.41) is 0.334. The van der Waals surface area contributed by atoms with Crippen LogP contribution in [0.15, 0.2) is 51.7 Å². The maximum Gasteiger partial charge on any atom is 0.290 e. The first-order valence-electron chi connectivity index (χ1n) is 9.86. The van der Waals surface area contributed by atoms with E-state index in [-0.39, 0.29) is 27.9 Å². The first kappa shape index (κ1) is 20.1. The number of amides is 1. The Balaban J connectivity index is 1.93. The van der Waals surface area contributed by atoms with E-state index in [1.165, 1.54) is 11.0 Å². The molecule has 0 N–H and O–H groups in total. The molecule has 6 nitrogen and oxygen atoms in total. The molecule has 1 atom stereocenters. The van der Waals surface area contributed by atoms with Crippen molar-refractivity contribution < 1.29 is 18.3 Å². The van der Waals surface area contributed by atoms with Gasteiger partial charge in [0.2, 0.25) is 5.76 Å². The van der Waals surface area contributed by atoms with E-state index in [1.807, 2.05) is 25.9 Å². The van der Waals surface area contributed by atoms with E-state index in [9.17, 15) is 14.0 Å². The van der Waals surface area contributed by atoms with Gasteiger partial charge < -0.3 is 19.0 Å². The second-order valence-electron chi connectivity index (χ2n) is 7.49. The summed E-state index contributed by atoms with van der Waals surface area (Å²) in [6, 6.07) is 10.3. The lowest BCUT2D eigenvalue weighted by atomic mass is 9.98. The Labute approximate surface area is 173 Å². The lowest BCUT2D eigenvalue weighted by Crippen LogP contribution is -2.35. The number of fused-ring (bicyclic) bond motifs is 2.